The van der Waals surface area contributed by atoms with Crippen LogP contribution in [-0.4, -0.2) is 45.1 Å². The molecule has 3 rings (SSSR count). The highest BCUT2D eigenvalue weighted by Crippen LogP contribution is 2.28. The van der Waals surface area contributed by atoms with Gasteiger partial charge in [-0.15, -0.1) is 0 Å². The lowest BCUT2D eigenvalue weighted by atomic mass is 9.96. The summed E-state index contributed by atoms with van der Waals surface area (Å²) in [5.74, 6) is 0.151. The Balaban J connectivity index is 1.83. The molecule has 2 aromatic heterocycles. The number of hydrogen-bond acceptors (Lipinski definition) is 4. The third-order valence-corrected chi connectivity index (χ3v) is 5.57. The van der Waals surface area contributed by atoms with Gasteiger partial charge in [0, 0.05) is 45.5 Å². The van der Waals surface area contributed by atoms with Crippen molar-refractivity contribution in [3.8, 4) is 0 Å². The van der Waals surface area contributed by atoms with Crippen LogP contribution in [0.1, 0.15) is 24.5 Å². The Bertz CT molecular complexity index is 733. The minimum absolute atomic E-state index is 0.117. The Morgan fingerprint density at radius 2 is 2.14 bits per heavy atom. The molecule has 0 amide bonds. The summed E-state index contributed by atoms with van der Waals surface area (Å²) in [4.78, 5) is 3.98. The van der Waals surface area contributed by atoms with E-state index in [9.17, 15) is 8.42 Å². The number of aryl methyl sites for hydroxylation is 2. The highest BCUT2D eigenvalue weighted by molar-refractivity contribution is 7.89. The minimum Gasteiger partial charge on any atom is -0.339 e. The van der Waals surface area contributed by atoms with Crippen LogP contribution in [-0.2, 0) is 24.1 Å². The highest BCUT2D eigenvalue weighted by atomic mass is 32.2. The Labute approximate surface area is 124 Å². The lowest BCUT2D eigenvalue weighted by Gasteiger charge is -2.30. The van der Waals surface area contributed by atoms with E-state index in [4.69, 9.17) is 0 Å². The minimum atomic E-state index is -3.51. The predicted octanol–water partition coefficient (Wildman–Crippen LogP) is 0.722. The predicted molar refractivity (Wildman–Crippen MR) is 77.1 cm³/mol. The van der Waals surface area contributed by atoms with E-state index in [1.54, 1.807) is 22.5 Å². The van der Waals surface area contributed by atoms with Gasteiger partial charge >= 0.3 is 0 Å². The zero-order chi connectivity index (χ0) is 15.0. The first-order valence-corrected chi connectivity index (χ1v) is 8.38. The van der Waals surface area contributed by atoms with Crippen LogP contribution >= 0.6 is 0 Å². The van der Waals surface area contributed by atoms with Crippen LogP contribution in [0.15, 0.2) is 29.8 Å². The standard InChI is InChI=1S/C13H19N5O2S/c1-16-9-13(14-10-16)21(19,20)18-6-3-4-11(8-18)12-5-7-17(2)15-12/h5,7,9-11H,3-4,6,8H2,1-2H3. The monoisotopic (exact) mass is 309 g/mol. The molecule has 21 heavy (non-hydrogen) atoms. The second kappa shape index (κ2) is 5.27. The van der Waals surface area contributed by atoms with Crippen LogP contribution in [0.3, 0.4) is 0 Å². The van der Waals surface area contributed by atoms with Gasteiger partial charge in [-0.25, -0.2) is 13.4 Å². The largest absolute Gasteiger partial charge is 0.339 e. The number of imidazole rings is 1. The van der Waals surface area contributed by atoms with Crippen LogP contribution in [0.4, 0.5) is 0 Å². The molecule has 114 valence electrons. The molecule has 1 unspecified atom stereocenters. The van der Waals surface area contributed by atoms with E-state index < -0.39 is 10.0 Å². The number of rotatable bonds is 3. The SMILES string of the molecule is Cn1cnc(S(=O)(=O)N2CCCC(c3ccn(C)n3)C2)c1. The molecule has 3 heterocycles. The van der Waals surface area contributed by atoms with E-state index >= 15 is 0 Å². The molecular weight excluding hydrogens is 290 g/mol. The van der Waals surface area contributed by atoms with Gasteiger partial charge < -0.3 is 4.57 Å². The van der Waals surface area contributed by atoms with Crippen LogP contribution in [0.5, 0.6) is 0 Å². The second-order valence-corrected chi connectivity index (χ2v) is 7.38. The Hall–Kier alpha value is -1.67. The van der Waals surface area contributed by atoms with Crippen molar-refractivity contribution < 1.29 is 8.42 Å². The van der Waals surface area contributed by atoms with E-state index in [1.165, 1.54) is 10.6 Å². The molecule has 8 heteroatoms. The van der Waals surface area contributed by atoms with E-state index in [0.29, 0.717) is 13.1 Å². The van der Waals surface area contributed by atoms with Crippen molar-refractivity contribution in [1.29, 1.82) is 0 Å². The Morgan fingerprint density at radius 3 is 2.76 bits per heavy atom. The zero-order valence-corrected chi connectivity index (χ0v) is 13.0. The molecule has 0 saturated carbocycles. The van der Waals surface area contributed by atoms with Gasteiger partial charge in [0.2, 0.25) is 0 Å². The summed E-state index contributed by atoms with van der Waals surface area (Å²) in [5.41, 5.74) is 0.957. The summed E-state index contributed by atoms with van der Waals surface area (Å²) in [7, 11) is 0.124. The van der Waals surface area contributed by atoms with E-state index in [2.05, 4.69) is 10.1 Å². The number of nitrogens with zero attached hydrogens (tertiary/aromatic N) is 5. The number of aromatic nitrogens is 4. The topological polar surface area (TPSA) is 73.0 Å². The van der Waals surface area contributed by atoms with Gasteiger partial charge in [0.25, 0.3) is 10.0 Å². The average molecular weight is 309 g/mol. The van der Waals surface area contributed by atoms with E-state index in [0.717, 1.165) is 18.5 Å². The fraction of sp³-hybridized carbons (Fsp3) is 0.538. The number of hydrogen-bond donors (Lipinski definition) is 0. The molecule has 2 aromatic rings. The third kappa shape index (κ3) is 2.73. The van der Waals surface area contributed by atoms with Crippen molar-refractivity contribution in [3.05, 3.63) is 30.5 Å². The lowest BCUT2D eigenvalue weighted by Crippen LogP contribution is -2.39. The van der Waals surface area contributed by atoms with Crippen molar-refractivity contribution in [2.45, 2.75) is 23.8 Å². The molecule has 0 N–H and O–H groups in total. The lowest BCUT2D eigenvalue weighted by molar-refractivity contribution is 0.311. The molecule has 0 spiro atoms. The summed E-state index contributed by atoms with van der Waals surface area (Å²) in [6.45, 7) is 1.01. The smallest absolute Gasteiger partial charge is 0.262 e. The molecule has 0 radical (unpaired) electrons. The molecule has 0 bridgehead atoms. The van der Waals surface area contributed by atoms with E-state index in [-0.39, 0.29) is 10.9 Å². The van der Waals surface area contributed by atoms with Gasteiger partial charge in [0.05, 0.1) is 12.0 Å². The highest BCUT2D eigenvalue weighted by Gasteiger charge is 2.32. The van der Waals surface area contributed by atoms with Crippen molar-refractivity contribution in [1.82, 2.24) is 23.6 Å². The number of sulfonamides is 1. The summed E-state index contributed by atoms with van der Waals surface area (Å²) in [5, 5.41) is 4.52. The van der Waals surface area contributed by atoms with Crippen LogP contribution < -0.4 is 0 Å². The molecule has 7 nitrogen and oxygen atoms in total. The summed E-state index contributed by atoms with van der Waals surface area (Å²) < 4.78 is 30.1. The third-order valence-electron chi connectivity index (χ3n) is 3.82. The maximum Gasteiger partial charge on any atom is 0.262 e. The molecule has 0 aliphatic carbocycles. The van der Waals surface area contributed by atoms with Gasteiger partial charge in [0.15, 0.2) is 5.03 Å². The molecule has 1 aliphatic rings. The maximum absolute atomic E-state index is 12.6. The summed E-state index contributed by atoms with van der Waals surface area (Å²) in [6.07, 6.45) is 6.74. The van der Waals surface area contributed by atoms with Gasteiger partial charge in [-0.2, -0.15) is 9.40 Å². The Kier molecular flexibility index (Phi) is 3.58. The maximum atomic E-state index is 12.6. The molecular formula is C13H19N5O2S. The fourth-order valence-corrected chi connectivity index (χ4v) is 4.20. The van der Waals surface area contributed by atoms with Crippen molar-refractivity contribution >= 4 is 10.0 Å². The molecule has 1 fully saturated rings. The molecule has 0 aromatic carbocycles. The molecule has 1 saturated heterocycles. The number of piperidine rings is 1. The molecule has 1 atom stereocenters. The van der Waals surface area contributed by atoms with Crippen LogP contribution in [0.2, 0.25) is 0 Å². The Morgan fingerprint density at radius 1 is 1.33 bits per heavy atom. The normalized spacial score (nSPS) is 20.8. The first-order valence-electron chi connectivity index (χ1n) is 6.94. The van der Waals surface area contributed by atoms with Crippen LogP contribution in [0.25, 0.3) is 0 Å². The van der Waals surface area contributed by atoms with Crippen LogP contribution in [0, 0.1) is 0 Å². The van der Waals surface area contributed by atoms with Crippen molar-refractivity contribution in [3.63, 3.8) is 0 Å². The van der Waals surface area contributed by atoms with Crippen molar-refractivity contribution in [2.24, 2.45) is 14.1 Å². The van der Waals surface area contributed by atoms with Gasteiger partial charge in [0.1, 0.15) is 0 Å². The quantitative estimate of drug-likeness (QED) is 0.837. The van der Waals surface area contributed by atoms with Gasteiger partial charge in [-0.1, -0.05) is 0 Å². The fourth-order valence-electron chi connectivity index (χ4n) is 2.71. The first kappa shape index (κ1) is 14.3. The van der Waals surface area contributed by atoms with Gasteiger partial charge in [-0.05, 0) is 18.9 Å². The summed E-state index contributed by atoms with van der Waals surface area (Å²) >= 11 is 0. The van der Waals surface area contributed by atoms with E-state index in [1.807, 2.05) is 19.3 Å². The first-order chi connectivity index (χ1) is 9.96. The second-order valence-electron chi connectivity index (χ2n) is 5.49. The van der Waals surface area contributed by atoms with Crippen molar-refractivity contribution in [2.75, 3.05) is 13.1 Å². The average Bonchev–Trinajstić information content (AvgIpc) is 3.08. The molecule has 1 aliphatic heterocycles. The van der Waals surface area contributed by atoms with Gasteiger partial charge in [-0.3, -0.25) is 4.68 Å². The zero-order valence-electron chi connectivity index (χ0n) is 12.2. The summed E-state index contributed by atoms with van der Waals surface area (Å²) in [6, 6.07) is 1.96.